The summed E-state index contributed by atoms with van der Waals surface area (Å²) in [6, 6.07) is 1.89. The zero-order valence-electron chi connectivity index (χ0n) is 10.5. The van der Waals surface area contributed by atoms with E-state index in [0.717, 1.165) is 19.4 Å². The van der Waals surface area contributed by atoms with Crippen LogP contribution in [0.25, 0.3) is 0 Å². The number of hydrogen-bond donors (Lipinski definition) is 1. The monoisotopic (exact) mass is 259 g/mol. The molecule has 0 saturated carbocycles. The highest BCUT2D eigenvalue weighted by atomic mass is 32.2. The summed E-state index contributed by atoms with van der Waals surface area (Å²) in [7, 11) is -1.56. The second-order valence-corrected chi connectivity index (χ2v) is 6.61. The van der Waals surface area contributed by atoms with Crippen LogP contribution in [0.15, 0.2) is 0 Å². The van der Waals surface area contributed by atoms with E-state index in [0.29, 0.717) is 25.4 Å². The van der Waals surface area contributed by atoms with E-state index in [-0.39, 0.29) is 0 Å². The summed E-state index contributed by atoms with van der Waals surface area (Å²) in [5.41, 5.74) is 0. The molecule has 1 rings (SSSR count). The quantitative estimate of drug-likeness (QED) is 0.782. The Hall–Kier alpha value is -0.640. The van der Waals surface area contributed by atoms with Crippen LogP contribution in [0.2, 0.25) is 0 Å². The number of nitriles is 1. The number of rotatable bonds is 5. The van der Waals surface area contributed by atoms with Crippen LogP contribution in [0.4, 0.5) is 0 Å². The summed E-state index contributed by atoms with van der Waals surface area (Å²) in [4.78, 5) is 0. The first-order chi connectivity index (χ1) is 8.06. The molecule has 6 heteroatoms. The fraction of sp³-hybridized carbons (Fsp3) is 0.909. The van der Waals surface area contributed by atoms with Gasteiger partial charge in [-0.3, -0.25) is 0 Å². The number of piperidine rings is 1. The van der Waals surface area contributed by atoms with Crippen molar-refractivity contribution in [1.82, 2.24) is 9.62 Å². The van der Waals surface area contributed by atoms with Crippen molar-refractivity contribution in [1.29, 1.82) is 5.26 Å². The third-order valence-electron chi connectivity index (χ3n) is 3.21. The molecule has 1 saturated heterocycles. The van der Waals surface area contributed by atoms with E-state index in [4.69, 9.17) is 5.26 Å². The van der Waals surface area contributed by atoms with Gasteiger partial charge in [-0.2, -0.15) is 5.26 Å². The molecule has 0 spiro atoms. The average Bonchev–Trinajstić information content (AvgIpc) is 2.31. The van der Waals surface area contributed by atoms with Gasteiger partial charge in [-0.05, 0) is 38.8 Å². The Bertz CT molecular complexity index is 373. The number of hydrogen-bond acceptors (Lipinski definition) is 4. The first-order valence-corrected chi connectivity index (χ1v) is 7.59. The topological polar surface area (TPSA) is 73.2 Å². The molecule has 1 aliphatic rings. The van der Waals surface area contributed by atoms with Crippen LogP contribution < -0.4 is 5.32 Å². The van der Waals surface area contributed by atoms with Crippen molar-refractivity contribution in [3.63, 3.8) is 0 Å². The third-order valence-corrected chi connectivity index (χ3v) is 5.42. The molecule has 0 aromatic carbocycles. The lowest BCUT2D eigenvalue weighted by molar-refractivity contribution is 0.262. The highest BCUT2D eigenvalue weighted by Crippen LogP contribution is 2.21. The molecule has 0 aromatic heterocycles. The maximum atomic E-state index is 12.2. The molecule has 17 heavy (non-hydrogen) atoms. The molecule has 1 fully saturated rings. The highest BCUT2D eigenvalue weighted by Gasteiger charge is 2.34. The van der Waals surface area contributed by atoms with E-state index in [1.807, 2.05) is 13.1 Å². The summed E-state index contributed by atoms with van der Waals surface area (Å²) in [6.07, 6.45) is 2.29. The fourth-order valence-electron chi connectivity index (χ4n) is 2.26. The summed E-state index contributed by atoms with van der Waals surface area (Å²) in [5.74, 6) is 0.361. The second-order valence-electron chi connectivity index (χ2n) is 4.49. The number of nitrogens with zero attached hydrogens (tertiary/aromatic N) is 2. The smallest absolute Gasteiger partial charge is 0.230 e. The van der Waals surface area contributed by atoms with Gasteiger partial charge in [-0.15, -0.1) is 0 Å². The van der Waals surface area contributed by atoms with E-state index < -0.39 is 15.3 Å². The van der Waals surface area contributed by atoms with E-state index in [9.17, 15) is 8.42 Å². The molecule has 0 amide bonds. The SMILES string of the molecule is CCC(C#N)S(=O)(=O)N1CCCC(CNC)C1. The van der Waals surface area contributed by atoms with Gasteiger partial charge in [0.25, 0.3) is 0 Å². The van der Waals surface area contributed by atoms with Crippen LogP contribution in [0, 0.1) is 17.2 Å². The van der Waals surface area contributed by atoms with Crippen molar-refractivity contribution >= 4 is 10.0 Å². The Labute approximate surface area is 104 Å². The molecule has 5 nitrogen and oxygen atoms in total. The Kier molecular flexibility index (Phi) is 5.37. The summed E-state index contributed by atoms with van der Waals surface area (Å²) in [5, 5.41) is 11.1. The number of sulfonamides is 1. The lowest BCUT2D eigenvalue weighted by atomic mass is 10.00. The normalized spacial score (nSPS) is 24.2. The Morgan fingerprint density at radius 2 is 2.29 bits per heavy atom. The minimum Gasteiger partial charge on any atom is -0.319 e. The van der Waals surface area contributed by atoms with E-state index in [1.165, 1.54) is 4.31 Å². The van der Waals surface area contributed by atoms with Crippen LogP contribution in [0.3, 0.4) is 0 Å². The van der Waals surface area contributed by atoms with Crippen molar-refractivity contribution < 1.29 is 8.42 Å². The molecule has 0 radical (unpaired) electrons. The Morgan fingerprint density at radius 3 is 2.82 bits per heavy atom. The van der Waals surface area contributed by atoms with Crippen LogP contribution in [-0.2, 0) is 10.0 Å². The van der Waals surface area contributed by atoms with Crippen molar-refractivity contribution in [2.45, 2.75) is 31.4 Å². The Balaban J connectivity index is 2.75. The maximum absolute atomic E-state index is 12.2. The zero-order chi connectivity index (χ0) is 12.9. The Morgan fingerprint density at radius 1 is 1.59 bits per heavy atom. The predicted molar refractivity (Wildman–Crippen MR) is 66.8 cm³/mol. The van der Waals surface area contributed by atoms with E-state index in [2.05, 4.69) is 5.32 Å². The average molecular weight is 259 g/mol. The van der Waals surface area contributed by atoms with Gasteiger partial charge in [0.1, 0.15) is 0 Å². The van der Waals surface area contributed by atoms with Crippen LogP contribution in [-0.4, -0.2) is 44.7 Å². The van der Waals surface area contributed by atoms with E-state index >= 15 is 0 Å². The molecule has 2 atom stereocenters. The molecule has 1 aliphatic heterocycles. The van der Waals surface area contributed by atoms with Crippen LogP contribution >= 0.6 is 0 Å². The van der Waals surface area contributed by atoms with E-state index in [1.54, 1.807) is 6.92 Å². The lowest BCUT2D eigenvalue weighted by Gasteiger charge is -2.32. The molecule has 98 valence electrons. The highest BCUT2D eigenvalue weighted by molar-refractivity contribution is 7.90. The summed E-state index contributed by atoms with van der Waals surface area (Å²) < 4.78 is 25.9. The van der Waals surface area contributed by atoms with Gasteiger partial charge >= 0.3 is 0 Å². The molecule has 0 aliphatic carbocycles. The predicted octanol–water partition coefficient (Wildman–Crippen LogP) is 0.550. The van der Waals surface area contributed by atoms with Crippen molar-refractivity contribution in [3.8, 4) is 6.07 Å². The van der Waals surface area contributed by atoms with Crippen LogP contribution in [0.1, 0.15) is 26.2 Å². The van der Waals surface area contributed by atoms with Gasteiger partial charge in [0, 0.05) is 13.1 Å². The maximum Gasteiger partial charge on any atom is 0.230 e. The van der Waals surface area contributed by atoms with Gasteiger partial charge < -0.3 is 5.32 Å². The van der Waals surface area contributed by atoms with Gasteiger partial charge in [0.15, 0.2) is 5.25 Å². The minimum atomic E-state index is -3.43. The van der Waals surface area contributed by atoms with Crippen molar-refractivity contribution in [2.24, 2.45) is 5.92 Å². The number of nitrogens with one attached hydrogen (secondary N) is 1. The molecule has 1 N–H and O–H groups in total. The standard InChI is InChI=1S/C11H21N3O2S/c1-3-11(7-12)17(15,16)14-6-4-5-10(9-14)8-13-2/h10-11,13H,3-6,8-9H2,1-2H3. The lowest BCUT2D eigenvalue weighted by Crippen LogP contribution is -2.45. The zero-order valence-corrected chi connectivity index (χ0v) is 11.3. The third kappa shape index (κ3) is 3.41. The van der Waals surface area contributed by atoms with Gasteiger partial charge in [-0.25, -0.2) is 12.7 Å². The first kappa shape index (κ1) is 14.4. The second kappa shape index (κ2) is 6.34. The molecule has 0 bridgehead atoms. The molecule has 1 heterocycles. The van der Waals surface area contributed by atoms with Crippen molar-refractivity contribution in [2.75, 3.05) is 26.7 Å². The van der Waals surface area contributed by atoms with Crippen molar-refractivity contribution in [3.05, 3.63) is 0 Å². The van der Waals surface area contributed by atoms with Gasteiger partial charge in [-0.1, -0.05) is 6.92 Å². The minimum absolute atomic E-state index is 0.353. The fourth-order valence-corrected chi connectivity index (χ4v) is 3.98. The molecule has 0 aromatic rings. The molecular formula is C11H21N3O2S. The molecular weight excluding hydrogens is 238 g/mol. The summed E-state index contributed by atoms with van der Waals surface area (Å²) >= 11 is 0. The van der Waals surface area contributed by atoms with Gasteiger partial charge in [0.2, 0.25) is 10.0 Å². The van der Waals surface area contributed by atoms with Gasteiger partial charge in [0.05, 0.1) is 6.07 Å². The van der Waals surface area contributed by atoms with Crippen LogP contribution in [0.5, 0.6) is 0 Å². The first-order valence-electron chi connectivity index (χ1n) is 6.09. The summed E-state index contributed by atoms with van der Waals surface area (Å²) in [6.45, 7) is 3.66. The molecule has 2 unspecified atom stereocenters. The largest absolute Gasteiger partial charge is 0.319 e.